The molecule has 0 amide bonds. The lowest BCUT2D eigenvalue weighted by atomic mass is 10.1. The van der Waals surface area contributed by atoms with Crippen molar-refractivity contribution in [2.45, 2.75) is 13.0 Å². The number of nitrogens with zero attached hydrogens (tertiary/aromatic N) is 1. The van der Waals surface area contributed by atoms with Crippen molar-refractivity contribution in [1.29, 1.82) is 0 Å². The maximum atomic E-state index is 11.7. The molecular formula is C11H12N2O. The zero-order valence-electron chi connectivity index (χ0n) is 7.97. The van der Waals surface area contributed by atoms with Crippen LogP contribution < -0.4 is 5.73 Å². The van der Waals surface area contributed by atoms with E-state index in [2.05, 4.69) is 0 Å². The number of nitrogens with two attached hydrogens (primary N) is 1. The van der Waals surface area contributed by atoms with Gasteiger partial charge in [0.25, 0.3) is 0 Å². The van der Waals surface area contributed by atoms with Gasteiger partial charge in [0.1, 0.15) is 0 Å². The van der Waals surface area contributed by atoms with Crippen molar-refractivity contribution in [2.24, 2.45) is 5.73 Å². The average molecular weight is 188 g/mol. The number of hydrogen-bond donors (Lipinski definition) is 1. The van der Waals surface area contributed by atoms with Crippen molar-refractivity contribution in [1.82, 2.24) is 4.40 Å². The molecule has 0 bridgehead atoms. The molecule has 0 saturated carbocycles. The van der Waals surface area contributed by atoms with Crippen LogP contribution in [0.4, 0.5) is 0 Å². The molecule has 2 heterocycles. The Balaban J connectivity index is 2.58. The summed E-state index contributed by atoms with van der Waals surface area (Å²) in [7, 11) is 0. The molecule has 0 aromatic carbocycles. The van der Waals surface area contributed by atoms with Gasteiger partial charge in [-0.3, -0.25) is 4.79 Å². The van der Waals surface area contributed by atoms with E-state index < -0.39 is 6.04 Å². The summed E-state index contributed by atoms with van der Waals surface area (Å²) in [5.74, 6) is -0.0151. The second-order valence-electron chi connectivity index (χ2n) is 3.38. The number of fused-ring (bicyclic) bond motifs is 1. The number of rotatable bonds is 2. The van der Waals surface area contributed by atoms with Crippen molar-refractivity contribution in [3.8, 4) is 0 Å². The topological polar surface area (TPSA) is 47.5 Å². The predicted molar refractivity (Wildman–Crippen MR) is 55.4 cm³/mol. The Labute approximate surface area is 82.1 Å². The summed E-state index contributed by atoms with van der Waals surface area (Å²) < 4.78 is 1.91. The maximum Gasteiger partial charge on any atom is 0.181 e. The molecule has 0 radical (unpaired) electrons. The van der Waals surface area contributed by atoms with Gasteiger partial charge in [0.05, 0.1) is 11.6 Å². The molecule has 2 aromatic rings. The van der Waals surface area contributed by atoms with Crippen LogP contribution >= 0.6 is 0 Å². The Kier molecular flexibility index (Phi) is 2.09. The highest BCUT2D eigenvalue weighted by Gasteiger charge is 2.14. The Morgan fingerprint density at radius 1 is 1.36 bits per heavy atom. The molecule has 72 valence electrons. The molecule has 3 heteroatoms. The quantitative estimate of drug-likeness (QED) is 0.725. The third-order valence-electron chi connectivity index (χ3n) is 2.25. The third-order valence-corrected chi connectivity index (χ3v) is 2.25. The first-order chi connectivity index (χ1) is 6.70. The second kappa shape index (κ2) is 3.27. The summed E-state index contributed by atoms with van der Waals surface area (Å²) in [5.41, 5.74) is 7.17. The van der Waals surface area contributed by atoms with Gasteiger partial charge in [-0.2, -0.15) is 0 Å². The van der Waals surface area contributed by atoms with Gasteiger partial charge < -0.3 is 10.1 Å². The molecule has 0 fully saturated rings. The van der Waals surface area contributed by atoms with E-state index in [1.165, 1.54) is 0 Å². The first kappa shape index (κ1) is 8.97. The lowest BCUT2D eigenvalue weighted by molar-refractivity contribution is 0.0969. The molecule has 0 spiro atoms. The van der Waals surface area contributed by atoms with Crippen LogP contribution in [0, 0.1) is 0 Å². The van der Waals surface area contributed by atoms with Gasteiger partial charge >= 0.3 is 0 Å². The number of carbonyl (C=O) groups excluding carboxylic acids is 1. The molecule has 2 N–H and O–H groups in total. The van der Waals surface area contributed by atoms with E-state index in [4.69, 9.17) is 5.73 Å². The standard InChI is InChI=1S/C11H12N2O/c1-8(12)11(14)9-5-7-13-6-3-2-4-10(9)13/h2-8H,12H2,1H3/t8-/m0/s1. The molecule has 1 atom stereocenters. The van der Waals surface area contributed by atoms with Crippen LogP contribution in [-0.4, -0.2) is 16.2 Å². The molecule has 14 heavy (non-hydrogen) atoms. The van der Waals surface area contributed by atoms with E-state index in [9.17, 15) is 4.79 Å². The predicted octanol–water partition coefficient (Wildman–Crippen LogP) is 1.47. The zero-order valence-corrected chi connectivity index (χ0v) is 7.97. The molecule has 0 saturated heterocycles. The number of Topliss-reactive ketones (excluding diaryl/α,β-unsaturated/α-hetero) is 1. The fraction of sp³-hybridized carbons (Fsp3) is 0.182. The number of aromatic nitrogens is 1. The third kappa shape index (κ3) is 1.32. The van der Waals surface area contributed by atoms with Gasteiger partial charge in [0.2, 0.25) is 0 Å². The van der Waals surface area contributed by atoms with Crippen molar-refractivity contribution < 1.29 is 4.79 Å². The van der Waals surface area contributed by atoms with E-state index in [1.807, 2.05) is 35.0 Å². The SMILES string of the molecule is C[C@H](N)C(=O)c1ccn2ccccc12. The van der Waals surface area contributed by atoms with Crippen LogP contribution in [0.1, 0.15) is 17.3 Å². The fourth-order valence-electron chi connectivity index (χ4n) is 1.51. The van der Waals surface area contributed by atoms with Crippen LogP contribution in [0.15, 0.2) is 36.7 Å². The van der Waals surface area contributed by atoms with E-state index in [1.54, 1.807) is 13.0 Å². The van der Waals surface area contributed by atoms with Gasteiger partial charge in [-0.25, -0.2) is 0 Å². The lowest BCUT2D eigenvalue weighted by Gasteiger charge is -2.02. The Hall–Kier alpha value is -1.61. The Bertz CT molecular complexity index is 471. The van der Waals surface area contributed by atoms with Gasteiger partial charge in [0, 0.05) is 18.0 Å². The lowest BCUT2D eigenvalue weighted by Crippen LogP contribution is -2.26. The number of pyridine rings is 1. The average Bonchev–Trinajstić information content (AvgIpc) is 2.60. The van der Waals surface area contributed by atoms with E-state index in [0.717, 1.165) is 5.52 Å². The zero-order chi connectivity index (χ0) is 10.1. The van der Waals surface area contributed by atoms with Crippen LogP contribution in [-0.2, 0) is 0 Å². The van der Waals surface area contributed by atoms with E-state index in [-0.39, 0.29) is 5.78 Å². The minimum atomic E-state index is -0.443. The first-order valence-corrected chi connectivity index (χ1v) is 4.55. The van der Waals surface area contributed by atoms with E-state index in [0.29, 0.717) is 5.56 Å². The fourth-order valence-corrected chi connectivity index (χ4v) is 1.51. The van der Waals surface area contributed by atoms with Gasteiger partial charge in [0.15, 0.2) is 5.78 Å². The highest BCUT2D eigenvalue weighted by Crippen LogP contribution is 2.13. The molecule has 0 aliphatic heterocycles. The van der Waals surface area contributed by atoms with Crippen LogP contribution in [0.25, 0.3) is 5.52 Å². The summed E-state index contributed by atoms with van der Waals surface area (Å²) >= 11 is 0. The van der Waals surface area contributed by atoms with Crippen molar-refractivity contribution >= 4 is 11.3 Å². The molecular weight excluding hydrogens is 176 g/mol. The minimum Gasteiger partial charge on any atom is -0.323 e. The normalized spacial score (nSPS) is 13.0. The highest BCUT2D eigenvalue weighted by molar-refractivity contribution is 6.05. The van der Waals surface area contributed by atoms with Crippen LogP contribution in [0.2, 0.25) is 0 Å². The van der Waals surface area contributed by atoms with Crippen LogP contribution in [0.5, 0.6) is 0 Å². The van der Waals surface area contributed by atoms with Gasteiger partial charge in [-0.05, 0) is 25.1 Å². The van der Waals surface area contributed by atoms with Gasteiger partial charge in [-0.15, -0.1) is 0 Å². The number of ketones is 1. The summed E-state index contributed by atoms with van der Waals surface area (Å²) in [6.45, 7) is 1.70. The number of carbonyl (C=O) groups is 1. The van der Waals surface area contributed by atoms with Gasteiger partial charge in [-0.1, -0.05) is 6.07 Å². The largest absolute Gasteiger partial charge is 0.323 e. The maximum absolute atomic E-state index is 11.7. The molecule has 3 nitrogen and oxygen atoms in total. The summed E-state index contributed by atoms with van der Waals surface area (Å²) in [6.07, 6.45) is 3.78. The van der Waals surface area contributed by atoms with Crippen LogP contribution in [0.3, 0.4) is 0 Å². The van der Waals surface area contributed by atoms with Crippen molar-refractivity contribution in [3.05, 3.63) is 42.2 Å². The first-order valence-electron chi connectivity index (χ1n) is 4.55. The monoisotopic (exact) mass is 188 g/mol. The summed E-state index contributed by atoms with van der Waals surface area (Å²) in [5, 5.41) is 0. The summed E-state index contributed by atoms with van der Waals surface area (Å²) in [6, 6.07) is 7.11. The highest BCUT2D eigenvalue weighted by atomic mass is 16.1. The minimum absolute atomic E-state index is 0.0151. The molecule has 0 unspecified atom stereocenters. The second-order valence-corrected chi connectivity index (χ2v) is 3.38. The molecule has 0 aliphatic rings. The molecule has 0 aliphatic carbocycles. The molecule has 2 rings (SSSR count). The van der Waals surface area contributed by atoms with Crippen molar-refractivity contribution in [2.75, 3.05) is 0 Å². The summed E-state index contributed by atoms with van der Waals surface area (Å²) in [4.78, 5) is 11.7. The smallest absolute Gasteiger partial charge is 0.181 e. The van der Waals surface area contributed by atoms with E-state index >= 15 is 0 Å². The number of hydrogen-bond acceptors (Lipinski definition) is 2. The van der Waals surface area contributed by atoms with Crippen molar-refractivity contribution in [3.63, 3.8) is 0 Å². The molecule has 2 aromatic heterocycles. The Morgan fingerprint density at radius 3 is 2.86 bits per heavy atom. The Morgan fingerprint density at radius 2 is 2.14 bits per heavy atom.